The van der Waals surface area contributed by atoms with Crippen molar-refractivity contribution in [2.75, 3.05) is 13.2 Å². The van der Waals surface area contributed by atoms with Gasteiger partial charge in [-0.15, -0.1) is 0 Å². The number of rotatable bonds is 5. The lowest BCUT2D eigenvalue weighted by molar-refractivity contribution is -0.138. The molecule has 1 fully saturated rings. The Hall–Kier alpha value is -1.10. The lowest BCUT2D eigenvalue weighted by Gasteiger charge is -2.16. The number of ether oxygens (including phenoxy) is 1. The van der Waals surface area contributed by atoms with Gasteiger partial charge in [0.15, 0.2) is 0 Å². The molecule has 0 aromatic rings. The van der Waals surface area contributed by atoms with Gasteiger partial charge in [0.2, 0.25) is 5.91 Å². The van der Waals surface area contributed by atoms with Crippen LogP contribution in [0.3, 0.4) is 0 Å². The number of amides is 1. The van der Waals surface area contributed by atoms with Crippen LogP contribution in [0.2, 0.25) is 0 Å². The molecule has 0 aromatic heterocycles. The molecule has 1 aliphatic heterocycles. The Morgan fingerprint density at radius 3 is 2.75 bits per heavy atom. The van der Waals surface area contributed by atoms with Crippen LogP contribution < -0.4 is 5.32 Å². The van der Waals surface area contributed by atoms with Gasteiger partial charge in [-0.3, -0.25) is 9.59 Å². The first-order chi connectivity index (χ1) is 7.50. The summed E-state index contributed by atoms with van der Waals surface area (Å²) in [6.07, 6.45) is 0.798. The van der Waals surface area contributed by atoms with E-state index in [2.05, 4.69) is 5.32 Å². The smallest absolute Gasteiger partial charge is 0.303 e. The molecule has 1 heterocycles. The molecule has 3 unspecified atom stereocenters. The molecule has 5 nitrogen and oxygen atoms in total. The van der Waals surface area contributed by atoms with Crippen LogP contribution in [0.5, 0.6) is 0 Å². The largest absolute Gasteiger partial charge is 0.481 e. The second kappa shape index (κ2) is 5.84. The number of carbonyl (C=O) groups is 2. The summed E-state index contributed by atoms with van der Waals surface area (Å²) in [7, 11) is 0. The van der Waals surface area contributed by atoms with Gasteiger partial charge >= 0.3 is 5.97 Å². The number of aliphatic carboxylic acids is 1. The Kier molecular flexibility index (Phi) is 4.73. The highest BCUT2D eigenvalue weighted by Crippen LogP contribution is 2.20. The van der Waals surface area contributed by atoms with Crippen molar-refractivity contribution >= 4 is 11.9 Å². The van der Waals surface area contributed by atoms with Crippen LogP contribution in [0, 0.1) is 11.8 Å². The third-order valence-electron chi connectivity index (χ3n) is 2.86. The minimum absolute atomic E-state index is 0.0257. The van der Waals surface area contributed by atoms with Crippen LogP contribution in [0.4, 0.5) is 0 Å². The fourth-order valence-electron chi connectivity index (χ4n) is 1.85. The average molecular weight is 229 g/mol. The molecule has 3 atom stereocenters. The molecule has 1 rings (SSSR count). The molecule has 0 aromatic carbocycles. The number of carboxylic acids is 1. The van der Waals surface area contributed by atoms with E-state index in [0.717, 1.165) is 6.42 Å². The minimum Gasteiger partial charge on any atom is -0.481 e. The Bertz CT molecular complexity index is 267. The van der Waals surface area contributed by atoms with Crippen LogP contribution in [0.15, 0.2) is 0 Å². The zero-order chi connectivity index (χ0) is 12.1. The number of hydrogen-bond donors (Lipinski definition) is 2. The highest BCUT2D eigenvalue weighted by molar-refractivity contribution is 5.79. The van der Waals surface area contributed by atoms with Crippen LogP contribution in [0.1, 0.15) is 26.7 Å². The van der Waals surface area contributed by atoms with E-state index in [1.165, 1.54) is 0 Å². The average Bonchev–Trinajstić information content (AvgIpc) is 2.60. The van der Waals surface area contributed by atoms with E-state index in [-0.39, 0.29) is 30.3 Å². The van der Waals surface area contributed by atoms with Crippen molar-refractivity contribution in [3.8, 4) is 0 Å². The SMILES string of the molecule is CC(CNC(=O)C1CCOC1C)CC(=O)O. The third-order valence-corrected chi connectivity index (χ3v) is 2.86. The second-order valence-corrected chi connectivity index (χ2v) is 4.42. The van der Waals surface area contributed by atoms with E-state index in [1.54, 1.807) is 0 Å². The summed E-state index contributed by atoms with van der Waals surface area (Å²) < 4.78 is 5.30. The Morgan fingerprint density at radius 1 is 1.56 bits per heavy atom. The predicted molar refractivity (Wildman–Crippen MR) is 57.9 cm³/mol. The molecular weight excluding hydrogens is 210 g/mol. The van der Waals surface area contributed by atoms with Crippen molar-refractivity contribution in [1.29, 1.82) is 0 Å². The van der Waals surface area contributed by atoms with E-state index in [0.29, 0.717) is 13.2 Å². The fraction of sp³-hybridized carbons (Fsp3) is 0.818. The lowest BCUT2D eigenvalue weighted by atomic mass is 10.0. The molecule has 1 aliphatic rings. The summed E-state index contributed by atoms with van der Waals surface area (Å²) in [5.41, 5.74) is 0. The monoisotopic (exact) mass is 229 g/mol. The standard InChI is InChI=1S/C11H19NO4/c1-7(5-10(13)14)6-12-11(15)9-3-4-16-8(9)2/h7-9H,3-6H2,1-2H3,(H,12,15)(H,13,14). The summed E-state index contributed by atoms with van der Waals surface area (Å²) in [4.78, 5) is 22.1. The molecule has 0 saturated carbocycles. The molecule has 2 N–H and O–H groups in total. The topological polar surface area (TPSA) is 75.6 Å². The predicted octanol–water partition coefficient (Wildman–Crippen LogP) is 0.638. The highest BCUT2D eigenvalue weighted by Gasteiger charge is 2.30. The summed E-state index contributed by atoms with van der Waals surface area (Å²) in [5, 5.41) is 11.3. The Labute approximate surface area is 95.2 Å². The van der Waals surface area contributed by atoms with Crippen molar-refractivity contribution < 1.29 is 19.4 Å². The fourth-order valence-corrected chi connectivity index (χ4v) is 1.85. The summed E-state index contributed by atoms with van der Waals surface area (Å²) in [6, 6.07) is 0. The van der Waals surface area contributed by atoms with Crippen LogP contribution >= 0.6 is 0 Å². The summed E-state index contributed by atoms with van der Waals surface area (Å²) in [5.74, 6) is -0.988. The van der Waals surface area contributed by atoms with E-state index in [9.17, 15) is 9.59 Å². The maximum absolute atomic E-state index is 11.7. The normalized spacial score (nSPS) is 26.4. The van der Waals surface area contributed by atoms with Gasteiger partial charge in [-0.25, -0.2) is 0 Å². The summed E-state index contributed by atoms with van der Waals surface area (Å²) in [6.45, 7) is 4.74. The van der Waals surface area contributed by atoms with E-state index in [4.69, 9.17) is 9.84 Å². The summed E-state index contributed by atoms with van der Waals surface area (Å²) >= 11 is 0. The van der Waals surface area contributed by atoms with Crippen molar-refractivity contribution in [3.05, 3.63) is 0 Å². The molecule has 5 heteroatoms. The van der Waals surface area contributed by atoms with Gasteiger partial charge in [-0.2, -0.15) is 0 Å². The number of carboxylic acid groups (broad SMARTS) is 1. The molecule has 16 heavy (non-hydrogen) atoms. The van der Waals surface area contributed by atoms with Gasteiger partial charge in [-0.05, 0) is 19.3 Å². The quantitative estimate of drug-likeness (QED) is 0.725. The maximum atomic E-state index is 11.7. The first-order valence-corrected chi connectivity index (χ1v) is 5.61. The maximum Gasteiger partial charge on any atom is 0.303 e. The number of hydrogen-bond acceptors (Lipinski definition) is 3. The molecular formula is C11H19NO4. The van der Waals surface area contributed by atoms with Crippen molar-refractivity contribution in [2.24, 2.45) is 11.8 Å². The zero-order valence-electron chi connectivity index (χ0n) is 9.73. The Balaban J connectivity index is 2.26. The van der Waals surface area contributed by atoms with Gasteiger partial charge in [-0.1, -0.05) is 6.92 Å². The van der Waals surface area contributed by atoms with E-state index < -0.39 is 5.97 Å². The van der Waals surface area contributed by atoms with Gasteiger partial charge < -0.3 is 15.2 Å². The second-order valence-electron chi connectivity index (χ2n) is 4.42. The zero-order valence-corrected chi connectivity index (χ0v) is 9.73. The molecule has 1 amide bonds. The Morgan fingerprint density at radius 2 is 2.25 bits per heavy atom. The van der Waals surface area contributed by atoms with Gasteiger partial charge in [0.05, 0.1) is 12.0 Å². The molecule has 0 bridgehead atoms. The van der Waals surface area contributed by atoms with E-state index in [1.807, 2.05) is 13.8 Å². The van der Waals surface area contributed by atoms with Gasteiger partial charge in [0, 0.05) is 19.6 Å². The molecule has 0 spiro atoms. The van der Waals surface area contributed by atoms with E-state index >= 15 is 0 Å². The van der Waals surface area contributed by atoms with Crippen molar-refractivity contribution in [3.63, 3.8) is 0 Å². The van der Waals surface area contributed by atoms with Gasteiger partial charge in [0.1, 0.15) is 0 Å². The van der Waals surface area contributed by atoms with Crippen LogP contribution in [-0.4, -0.2) is 36.2 Å². The van der Waals surface area contributed by atoms with Gasteiger partial charge in [0.25, 0.3) is 0 Å². The molecule has 0 radical (unpaired) electrons. The first-order valence-electron chi connectivity index (χ1n) is 5.61. The highest BCUT2D eigenvalue weighted by atomic mass is 16.5. The van der Waals surface area contributed by atoms with Crippen molar-refractivity contribution in [1.82, 2.24) is 5.32 Å². The molecule has 1 saturated heterocycles. The lowest BCUT2D eigenvalue weighted by Crippen LogP contribution is -2.36. The van der Waals surface area contributed by atoms with Crippen LogP contribution in [0.25, 0.3) is 0 Å². The first kappa shape index (κ1) is 13.0. The minimum atomic E-state index is -0.834. The molecule has 0 aliphatic carbocycles. The number of carbonyl (C=O) groups excluding carboxylic acids is 1. The third kappa shape index (κ3) is 3.81. The van der Waals surface area contributed by atoms with Crippen LogP contribution in [-0.2, 0) is 14.3 Å². The van der Waals surface area contributed by atoms with Crippen molar-refractivity contribution in [2.45, 2.75) is 32.8 Å². The number of nitrogens with one attached hydrogen (secondary N) is 1. The molecule has 92 valence electrons.